The van der Waals surface area contributed by atoms with Crippen LogP contribution in [0.3, 0.4) is 0 Å². The Labute approximate surface area is 195 Å². The van der Waals surface area contributed by atoms with Crippen LogP contribution >= 0.6 is 11.6 Å². The molecule has 0 aliphatic carbocycles. The smallest absolute Gasteiger partial charge is 0.238 e. The van der Waals surface area contributed by atoms with Crippen molar-refractivity contribution in [2.75, 3.05) is 39.2 Å². The zero-order valence-electron chi connectivity index (χ0n) is 18.9. The van der Waals surface area contributed by atoms with Gasteiger partial charge in [0.2, 0.25) is 5.91 Å². The van der Waals surface area contributed by atoms with E-state index in [1.54, 1.807) is 26.4 Å². The first-order valence-corrected chi connectivity index (χ1v) is 11.7. The summed E-state index contributed by atoms with van der Waals surface area (Å²) in [4.78, 5) is 17.9. The van der Waals surface area contributed by atoms with Crippen LogP contribution in [0.2, 0.25) is 5.02 Å². The lowest BCUT2D eigenvalue weighted by molar-refractivity contribution is -0.117. The summed E-state index contributed by atoms with van der Waals surface area (Å²) < 4.78 is 10.7. The highest BCUT2D eigenvalue weighted by Crippen LogP contribution is 2.36. The number of hydrogen-bond acceptors (Lipinski definition) is 5. The van der Waals surface area contributed by atoms with Crippen LogP contribution in [0.25, 0.3) is 0 Å². The number of methoxy groups -OCH3 is 2. The molecule has 172 valence electrons. The van der Waals surface area contributed by atoms with Crippen LogP contribution in [0.1, 0.15) is 31.2 Å². The number of rotatable bonds is 8. The van der Waals surface area contributed by atoms with Gasteiger partial charge in [-0.05, 0) is 44.3 Å². The third-order valence-electron chi connectivity index (χ3n) is 6.60. The normalized spacial score (nSPS) is 21.6. The minimum atomic E-state index is -0.0489. The molecule has 2 aliphatic rings. The maximum absolute atomic E-state index is 13.0. The third kappa shape index (κ3) is 5.20. The molecule has 0 saturated carbocycles. The highest BCUT2D eigenvalue weighted by Gasteiger charge is 2.38. The summed E-state index contributed by atoms with van der Waals surface area (Å²) in [6, 6.07) is 14.9. The maximum Gasteiger partial charge on any atom is 0.238 e. The number of ether oxygens (including phenoxy) is 2. The number of hydrogen-bond donors (Lipinski definition) is 1. The molecule has 0 radical (unpaired) electrons. The van der Waals surface area contributed by atoms with Gasteiger partial charge < -0.3 is 14.8 Å². The van der Waals surface area contributed by atoms with E-state index < -0.39 is 0 Å². The van der Waals surface area contributed by atoms with Crippen LogP contribution < -0.4 is 14.8 Å². The average Bonchev–Trinajstić information content (AvgIpc) is 3.44. The van der Waals surface area contributed by atoms with Gasteiger partial charge in [-0.2, -0.15) is 0 Å². The Morgan fingerprint density at radius 3 is 2.34 bits per heavy atom. The molecule has 2 atom stereocenters. The number of benzene rings is 2. The van der Waals surface area contributed by atoms with Gasteiger partial charge in [0, 0.05) is 30.8 Å². The predicted octanol–water partition coefficient (Wildman–Crippen LogP) is 4.42. The van der Waals surface area contributed by atoms with Crippen LogP contribution in [0.4, 0.5) is 5.69 Å². The maximum atomic E-state index is 13.0. The summed E-state index contributed by atoms with van der Waals surface area (Å²) in [5.41, 5.74) is 1.92. The Kier molecular flexibility index (Phi) is 7.55. The molecule has 0 spiro atoms. The quantitative estimate of drug-likeness (QED) is 0.635. The zero-order valence-corrected chi connectivity index (χ0v) is 19.6. The molecular weight excluding hydrogens is 426 g/mol. The second kappa shape index (κ2) is 10.6. The number of carbonyl (C=O) groups excluding carboxylic acids is 1. The Balaban J connectivity index is 1.41. The van der Waals surface area contributed by atoms with Crippen molar-refractivity contribution >= 4 is 23.2 Å². The minimum absolute atomic E-state index is 0.0489. The van der Waals surface area contributed by atoms with Crippen LogP contribution in [0, 0.1) is 0 Å². The van der Waals surface area contributed by atoms with E-state index in [0.29, 0.717) is 40.8 Å². The Hall–Kier alpha value is -2.28. The van der Waals surface area contributed by atoms with Gasteiger partial charge in [-0.3, -0.25) is 14.6 Å². The number of anilines is 1. The fourth-order valence-corrected chi connectivity index (χ4v) is 5.35. The fraction of sp³-hybridized carbons (Fsp3) is 0.480. The molecule has 4 rings (SSSR count). The van der Waals surface area contributed by atoms with E-state index in [9.17, 15) is 4.79 Å². The first kappa shape index (κ1) is 22.9. The molecular formula is C25H32ClN3O3. The van der Waals surface area contributed by atoms with Gasteiger partial charge in [0.15, 0.2) is 0 Å². The molecule has 2 heterocycles. The van der Waals surface area contributed by atoms with E-state index in [1.165, 1.54) is 18.4 Å². The molecule has 2 unspecified atom stereocenters. The molecule has 2 aromatic carbocycles. The van der Waals surface area contributed by atoms with Gasteiger partial charge in [-0.15, -0.1) is 0 Å². The lowest BCUT2D eigenvalue weighted by atomic mass is 10.0. The van der Waals surface area contributed by atoms with E-state index in [0.717, 1.165) is 32.5 Å². The molecule has 6 nitrogen and oxygen atoms in total. The van der Waals surface area contributed by atoms with Crippen molar-refractivity contribution in [2.24, 2.45) is 0 Å². The first-order valence-electron chi connectivity index (χ1n) is 11.3. The summed E-state index contributed by atoms with van der Waals surface area (Å²) in [6.45, 7) is 3.42. The van der Waals surface area contributed by atoms with E-state index in [1.807, 2.05) is 0 Å². The van der Waals surface area contributed by atoms with E-state index in [2.05, 4.69) is 45.4 Å². The second-order valence-corrected chi connectivity index (χ2v) is 8.99. The standard InChI is InChI=1S/C25H32ClN3O3/c1-31-23-15-20(24(32-2)14-19(23)26)27-25(30)17-29-13-7-11-22(29)21-10-6-12-28(21)16-18-8-4-3-5-9-18/h3-5,8-9,14-15,21-22H,6-7,10-13,16-17H2,1-2H3,(H,27,30). The summed E-state index contributed by atoms with van der Waals surface area (Å²) in [6.07, 6.45) is 4.68. The summed E-state index contributed by atoms with van der Waals surface area (Å²) in [5, 5.41) is 3.44. The van der Waals surface area contributed by atoms with Crippen molar-refractivity contribution < 1.29 is 14.3 Å². The van der Waals surface area contributed by atoms with Crippen molar-refractivity contribution in [3.63, 3.8) is 0 Å². The first-order chi connectivity index (χ1) is 15.6. The molecule has 32 heavy (non-hydrogen) atoms. The lowest BCUT2D eigenvalue weighted by Crippen LogP contribution is -2.48. The summed E-state index contributed by atoms with van der Waals surface area (Å²) in [7, 11) is 3.11. The predicted molar refractivity (Wildman–Crippen MR) is 128 cm³/mol. The Bertz CT molecular complexity index is 924. The minimum Gasteiger partial charge on any atom is -0.495 e. The van der Waals surface area contributed by atoms with Crippen molar-refractivity contribution in [2.45, 2.75) is 44.3 Å². The molecule has 2 aliphatic heterocycles. The number of likely N-dealkylation sites (tertiary alicyclic amines) is 2. The van der Waals surface area contributed by atoms with Crippen molar-refractivity contribution in [3.05, 3.63) is 53.1 Å². The monoisotopic (exact) mass is 457 g/mol. The number of nitrogens with one attached hydrogen (secondary N) is 1. The SMILES string of the molecule is COc1cc(NC(=O)CN2CCCC2C2CCCN2Cc2ccccc2)c(OC)cc1Cl. The topological polar surface area (TPSA) is 54.0 Å². The van der Waals surface area contributed by atoms with E-state index >= 15 is 0 Å². The van der Waals surface area contributed by atoms with Crippen LogP contribution in [-0.2, 0) is 11.3 Å². The van der Waals surface area contributed by atoms with Gasteiger partial charge in [-0.1, -0.05) is 41.9 Å². The number of nitrogens with zero attached hydrogens (tertiary/aromatic N) is 2. The van der Waals surface area contributed by atoms with Gasteiger partial charge >= 0.3 is 0 Å². The fourth-order valence-electron chi connectivity index (χ4n) is 5.12. The Morgan fingerprint density at radius 2 is 1.66 bits per heavy atom. The molecule has 2 aromatic rings. The zero-order chi connectivity index (χ0) is 22.5. The van der Waals surface area contributed by atoms with Crippen molar-refractivity contribution in [1.82, 2.24) is 9.80 Å². The van der Waals surface area contributed by atoms with E-state index in [-0.39, 0.29) is 5.91 Å². The number of carbonyl (C=O) groups is 1. The van der Waals surface area contributed by atoms with Gasteiger partial charge in [0.05, 0.1) is 31.5 Å². The molecule has 2 saturated heterocycles. The Morgan fingerprint density at radius 1 is 1.00 bits per heavy atom. The molecule has 0 bridgehead atoms. The third-order valence-corrected chi connectivity index (χ3v) is 6.89. The van der Waals surface area contributed by atoms with Gasteiger partial charge in [0.1, 0.15) is 11.5 Å². The van der Waals surface area contributed by atoms with Crippen LogP contribution in [0.5, 0.6) is 11.5 Å². The number of halogens is 1. The van der Waals surface area contributed by atoms with Crippen LogP contribution in [-0.4, -0.2) is 61.6 Å². The van der Waals surface area contributed by atoms with Gasteiger partial charge in [-0.25, -0.2) is 0 Å². The highest BCUT2D eigenvalue weighted by molar-refractivity contribution is 6.32. The van der Waals surface area contributed by atoms with Crippen molar-refractivity contribution in [1.29, 1.82) is 0 Å². The summed E-state index contributed by atoms with van der Waals surface area (Å²) in [5.74, 6) is 0.975. The van der Waals surface area contributed by atoms with E-state index in [4.69, 9.17) is 21.1 Å². The second-order valence-electron chi connectivity index (χ2n) is 8.58. The molecule has 2 fully saturated rings. The molecule has 7 heteroatoms. The highest BCUT2D eigenvalue weighted by atomic mass is 35.5. The lowest BCUT2D eigenvalue weighted by Gasteiger charge is -2.35. The van der Waals surface area contributed by atoms with Gasteiger partial charge in [0.25, 0.3) is 0 Å². The van der Waals surface area contributed by atoms with Crippen molar-refractivity contribution in [3.8, 4) is 11.5 Å². The molecule has 1 amide bonds. The molecule has 0 aromatic heterocycles. The summed E-state index contributed by atoms with van der Waals surface area (Å²) >= 11 is 6.19. The molecule has 1 N–H and O–H groups in total. The number of amides is 1. The largest absolute Gasteiger partial charge is 0.495 e. The van der Waals surface area contributed by atoms with Crippen LogP contribution in [0.15, 0.2) is 42.5 Å². The average molecular weight is 458 g/mol.